The van der Waals surface area contributed by atoms with Crippen LogP contribution in [-0.2, 0) is 6.54 Å². The lowest BCUT2D eigenvalue weighted by Gasteiger charge is -2.23. The maximum absolute atomic E-state index is 12.0. The molecule has 2 rings (SSSR count). The lowest BCUT2D eigenvalue weighted by atomic mass is 9.85. The molecular formula is C15H26ClN3OS. The summed E-state index contributed by atoms with van der Waals surface area (Å²) in [7, 11) is 0. The summed E-state index contributed by atoms with van der Waals surface area (Å²) in [5, 5.41) is 5.63. The van der Waals surface area contributed by atoms with Crippen LogP contribution in [0.15, 0.2) is 5.38 Å². The van der Waals surface area contributed by atoms with Crippen LogP contribution in [0, 0.1) is 5.92 Å². The van der Waals surface area contributed by atoms with Gasteiger partial charge in [-0.05, 0) is 25.7 Å². The van der Waals surface area contributed by atoms with Gasteiger partial charge in [0.15, 0.2) is 0 Å². The molecule has 1 fully saturated rings. The van der Waals surface area contributed by atoms with Crippen molar-refractivity contribution in [1.29, 1.82) is 0 Å². The summed E-state index contributed by atoms with van der Waals surface area (Å²) in [4.78, 5) is 16.2. The molecule has 21 heavy (non-hydrogen) atoms. The molecule has 1 aromatic rings. The van der Waals surface area contributed by atoms with Crippen molar-refractivity contribution in [3.05, 3.63) is 16.1 Å². The minimum atomic E-state index is -0.0721. The highest BCUT2D eigenvalue weighted by Crippen LogP contribution is 2.27. The zero-order valence-corrected chi connectivity index (χ0v) is 14.3. The predicted molar refractivity (Wildman–Crippen MR) is 90.0 cm³/mol. The number of nitrogens with one attached hydrogen (secondary N) is 1. The van der Waals surface area contributed by atoms with Gasteiger partial charge in [-0.1, -0.05) is 32.1 Å². The topological polar surface area (TPSA) is 68.0 Å². The second-order valence-electron chi connectivity index (χ2n) is 5.79. The Kier molecular flexibility index (Phi) is 8.22. The molecule has 1 unspecified atom stereocenters. The number of aromatic nitrogens is 1. The first-order chi connectivity index (χ1) is 9.69. The van der Waals surface area contributed by atoms with E-state index in [1.165, 1.54) is 49.9 Å². The van der Waals surface area contributed by atoms with Crippen LogP contribution in [-0.4, -0.2) is 16.9 Å². The van der Waals surface area contributed by atoms with E-state index in [2.05, 4.69) is 17.2 Å². The Morgan fingerprint density at radius 2 is 2.19 bits per heavy atom. The number of nitrogens with two attached hydrogens (primary N) is 1. The number of hydrogen-bond acceptors (Lipinski definition) is 4. The summed E-state index contributed by atoms with van der Waals surface area (Å²) in [6.45, 7) is 2.48. The third-order valence-electron chi connectivity index (χ3n) is 4.07. The molecule has 0 bridgehead atoms. The molecule has 1 amide bonds. The van der Waals surface area contributed by atoms with Crippen molar-refractivity contribution in [3.8, 4) is 0 Å². The van der Waals surface area contributed by atoms with Crippen LogP contribution in [0.3, 0.4) is 0 Å². The van der Waals surface area contributed by atoms with Crippen LogP contribution in [0.2, 0.25) is 0 Å². The van der Waals surface area contributed by atoms with Gasteiger partial charge in [-0.3, -0.25) is 4.79 Å². The summed E-state index contributed by atoms with van der Waals surface area (Å²) >= 11 is 1.44. The van der Waals surface area contributed by atoms with E-state index in [0.717, 1.165) is 17.3 Å². The molecule has 0 aliphatic heterocycles. The second-order valence-corrected chi connectivity index (χ2v) is 6.73. The van der Waals surface area contributed by atoms with Crippen LogP contribution in [0.4, 0.5) is 0 Å². The summed E-state index contributed by atoms with van der Waals surface area (Å²) in [5.41, 5.74) is 6.01. The second kappa shape index (κ2) is 9.38. The van der Waals surface area contributed by atoms with Crippen molar-refractivity contribution in [1.82, 2.24) is 10.3 Å². The van der Waals surface area contributed by atoms with Gasteiger partial charge < -0.3 is 11.1 Å². The minimum Gasteiger partial charge on any atom is -0.348 e. The maximum Gasteiger partial charge on any atom is 0.270 e. The number of halogens is 1. The Bertz CT molecular complexity index is 432. The zero-order chi connectivity index (χ0) is 14.4. The Labute approximate surface area is 137 Å². The quantitative estimate of drug-likeness (QED) is 0.838. The number of hydrogen-bond donors (Lipinski definition) is 2. The minimum absolute atomic E-state index is 0. The van der Waals surface area contributed by atoms with E-state index in [1.54, 1.807) is 5.38 Å². The fourth-order valence-corrected chi connectivity index (χ4v) is 3.50. The summed E-state index contributed by atoms with van der Waals surface area (Å²) < 4.78 is 0. The highest BCUT2D eigenvalue weighted by Gasteiger charge is 2.17. The monoisotopic (exact) mass is 331 g/mol. The molecule has 0 aromatic carbocycles. The van der Waals surface area contributed by atoms with Crippen LogP contribution in [0.25, 0.3) is 0 Å². The maximum atomic E-state index is 12.0. The third-order valence-corrected chi connectivity index (χ3v) is 4.94. The van der Waals surface area contributed by atoms with Gasteiger partial charge >= 0.3 is 0 Å². The first kappa shape index (κ1) is 18.4. The third kappa shape index (κ3) is 5.93. The number of amides is 1. The van der Waals surface area contributed by atoms with E-state index in [-0.39, 0.29) is 24.4 Å². The van der Waals surface area contributed by atoms with E-state index in [1.807, 2.05) is 0 Å². The van der Waals surface area contributed by atoms with Crippen molar-refractivity contribution in [3.63, 3.8) is 0 Å². The normalized spacial score (nSPS) is 17.0. The van der Waals surface area contributed by atoms with Gasteiger partial charge in [0.1, 0.15) is 10.7 Å². The van der Waals surface area contributed by atoms with Gasteiger partial charge in [-0.25, -0.2) is 4.98 Å². The van der Waals surface area contributed by atoms with E-state index in [9.17, 15) is 4.79 Å². The van der Waals surface area contributed by atoms with Crippen molar-refractivity contribution in [2.45, 2.75) is 64.5 Å². The van der Waals surface area contributed by atoms with Crippen LogP contribution in [0.5, 0.6) is 0 Å². The van der Waals surface area contributed by atoms with Gasteiger partial charge in [0.2, 0.25) is 0 Å². The molecule has 1 aliphatic carbocycles. The summed E-state index contributed by atoms with van der Waals surface area (Å²) in [6.07, 6.45) is 9.18. The molecule has 1 aliphatic rings. The van der Waals surface area contributed by atoms with Crippen molar-refractivity contribution < 1.29 is 4.79 Å². The molecule has 0 spiro atoms. The van der Waals surface area contributed by atoms with Crippen molar-refractivity contribution >= 4 is 29.7 Å². The summed E-state index contributed by atoms with van der Waals surface area (Å²) in [6, 6.07) is 0.215. The van der Waals surface area contributed by atoms with Gasteiger partial charge in [0, 0.05) is 18.0 Å². The fraction of sp³-hybridized carbons (Fsp3) is 0.733. The van der Waals surface area contributed by atoms with Crippen LogP contribution >= 0.6 is 23.7 Å². The smallest absolute Gasteiger partial charge is 0.270 e. The number of carbonyl (C=O) groups excluding carboxylic acids is 1. The highest BCUT2D eigenvalue weighted by molar-refractivity contribution is 7.09. The Morgan fingerprint density at radius 3 is 2.81 bits per heavy atom. The zero-order valence-electron chi connectivity index (χ0n) is 12.6. The van der Waals surface area contributed by atoms with Gasteiger partial charge in [-0.15, -0.1) is 23.7 Å². The molecule has 1 aromatic heterocycles. The Balaban J connectivity index is 0.00000220. The lowest BCUT2D eigenvalue weighted by molar-refractivity contribution is 0.0932. The molecule has 0 radical (unpaired) electrons. The number of carbonyl (C=O) groups is 1. The standard InChI is InChI=1S/C15H25N3OS.ClH/c1-11(7-8-12-5-3-2-4-6-12)17-15(19)13-10-20-14(9-16)18-13;/h10-12H,2-9,16H2,1H3,(H,17,19);1H. The summed E-state index contributed by atoms with van der Waals surface area (Å²) in [5.74, 6) is 0.795. The molecule has 1 heterocycles. The molecule has 1 saturated carbocycles. The highest BCUT2D eigenvalue weighted by atomic mass is 35.5. The molecule has 4 nitrogen and oxygen atoms in total. The average molecular weight is 332 g/mol. The Morgan fingerprint density at radius 1 is 1.48 bits per heavy atom. The molecule has 3 N–H and O–H groups in total. The fourth-order valence-electron chi connectivity index (χ4n) is 2.84. The molecule has 1 atom stereocenters. The number of rotatable bonds is 6. The molecular weight excluding hydrogens is 306 g/mol. The van der Waals surface area contributed by atoms with Gasteiger partial charge in [-0.2, -0.15) is 0 Å². The van der Waals surface area contributed by atoms with Gasteiger partial charge in [0.25, 0.3) is 5.91 Å². The van der Waals surface area contributed by atoms with E-state index in [0.29, 0.717) is 12.2 Å². The van der Waals surface area contributed by atoms with Crippen LogP contribution < -0.4 is 11.1 Å². The molecule has 6 heteroatoms. The van der Waals surface area contributed by atoms with E-state index in [4.69, 9.17) is 5.73 Å². The Hall–Kier alpha value is -0.650. The lowest BCUT2D eigenvalue weighted by Crippen LogP contribution is -2.33. The molecule has 0 saturated heterocycles. The van der Waals surface area contributed by atoms with E-state index >= 15 is 0 Å². The SMILES string of the molecule is CC(CCC1CCCCC1)NC(=O)c1csc(CN)n1.Cl. The van der Waals surface area contributed by atoms with Crippen LogP contribution in [0.1, 0.15) is 67.4 Å². The predicted octanol–water partition coefficient (Wildman–Crippen LogP) is 3.50. The van der Waals surface area contributed by atoms with Crippen molar-refractivity contribution in [2.75, 3.05) is 0 Å². The first-order valence-electron chi connectivity index (χ1n) is 7.64. The first-order valence-corrected chi connectivity index (χ1v) is 8.52. The van der Waals surface area contributed by atoms with Gasteiger partial charge in [0.05, 0.1) is 0 Å². The van der Waals surface area contributed by atoms with Crippen molar-refractivity contribution in [2.24, 2.45) is 11.7 Å². The largest absolute Gasteiger partial charge is 0.348 e. The number of thiazole rings is 1. The molecule has 120 valence electrons. The number of nitrogens with zero attached hydrogens (tertiary/aromatic N) is 1. The average Bonchev–Trinajstić information content (AvgIpc) is 2.95. The van der Waals surface area contributed by atoms with E-state index < -0.39 is 0 Å².